The molecule has 0 amide bonds. The first-order valence-electron chi connectivity index (χ1n) is 6.47. The summed E-state index contributed by atoms with van der Waals surface area (Å²) < 4.78 is 1.95. The molecule has 0 fully saturated rings. The van der Waals surface area contributed by atoms with Crippen molar-refractivity contribution in [2.45, 2.75) is 30.8 Å². The summed E-state index contributed by atoms with van der Waals surface area (Å²) in [5.41, 5.74) is 1.32. The number of nitrogens with zero attached hydrogens (tertiary/aromatic N) is 3. The van der Waals surface area contributed by atoms with Gasteiger partial charge in [-0.2, -0.15) is 5.10 Å². The van der Waals surface area contributed by atoms with Crippen LogP contribution in [0.25, 0.3) is 0 Å². The van der Waals surface area contributed by atoms with Gasteiger partial charge >= 0.3 is 0 Å². The third kappa shape index (κ3) is 3.16. The van der Waals surface area contributed by atoms with Crippen molar-refractivity contribution < 1.29 is 0 Å². The molecule has 1 N–H and O–H groups in total. The van der Waals surface area contributed by atoms with Gasteiger partial charge in [-0.25, -0.2) is 4.98 Å². The van der Waals surface area contributed by atoms with Gasteiger partial charge in [0.15, 0.2) is 0 Å². The average Bonchev–Trinajstić information content (AvgIpc) is 2.92. The van der Waals surface area contributed by atoms with E-state index in [1.165, 1.54) is 10.5 Å². The van der Waals surface area contributed by atoms with Gasteiger partial charge in [-0.3, -0.25) is 4.68 Å². The van der Waals surface area contributed by atoms with E-state index in [1.807, 2.05) is 11.7 Å². The summed E-state index contributed by atoms with van der Waals surface area (Å²) in [4.78, 5) is 5.67. The van der Waals surface area contributed by atoms with E-state index in [-0.39, 0.29) is 6.04 Å². The van der Waals surface area contributed by atoms with Gasteiger partial charge in [-0.15, -0.1) is 11.8 Å². The maximum Gasteiger partial charge on any atom is 0.138 e. The number of nitrogens with one attached hydrogen (secondary N) is 1. The van der Waals surface area contributed by atoms with Crippen LogP contribution in [0.4, 0.5) is 0 Å². The number of aryl methyl sites for hydroxylation is 1. The van der Waals surface area contributed by atoms with E-state index in [2.05, 4.69) is 52.8 Å². The van der Waals surface area contributed by atoms with E-state index < -0.39 is 0 Å². The Morgan fingerprint density at radius 3 is 2.84 bits per heavy atom. The molecule has 0 saturated heterocycles. The first-order chi connectivity index (χ1) is 9.30. The Labute approximate surface area is 118 Å². The summed E-state index contributed by atoms with van der Waals surface area (Å²) in [6.07, 6.45) is 4.59. The van der Waals surface area contributed by atoms with Gasteiger partial charge < -0.3 is 5.32 Å². The third-order valence-electron chi connectivity index (χ3n) is 3.24. The third-order valence-corrected chi connectivity index (χ3v) is 4.06. The molecule has 2 rings (SSSR count). The molecular formula is C14H20N4S. The highest BCUT2D eigenvalue weighted by Crippen LogP contribution is 2.27. The molecule has 2 aromatic rings. The molecule has 1 aromatic carbocycles. The first-order valence-corrected chi connectivity index (χ1v) is 7.69. The topological polar surface area (TPSA) is 42.7 Å². The fraction of sp³-hybridized carbons (Fsp3) is 0.429. The highest BCUT2D eigenvalue weighted by atomic mass is 32.2. The van der Waals surface area contributed by atoms with Crippen LogP contribution in [0.15, 0.2) is 35.5 Å². The SMILES string of the molecule is CCn1ncnc1CC(NC)c1ccccc1SC. The largest absolute Gasteiger partial charge is 0.313 e. The predicted octanol–water partition coefficient (Wildman–Crippen LogP) is 2.52. The molecule has 0 bridgehead atoms. The van der Waals surface area contributed by atoms with Crippen molar-refractivity contribution in [1.29, 1.82) is 0 Å². The molecule has 102 valence electrons. The lowest BCUT2D eigenvalue weighted by molar-refractivity contribution is 0.528. The van der Waals surface area contributed by atoms with Crippen LogP contribution in [0.3, 0.4) is 0 Å². The smallest absolute Gasteiger partial charge is 0.138 e. The summed E-state index contributed by atoms with van der Waals surface area (Å²) in [6, 6.07) is 8.77. The Morgan fingerprint density at radius 1 is 1.37 bits per heavy atom. The van der Waals surface area contributed by atoms with Gasteiger partial charge in [0.2, 0.25) is 0 Å². The molecule has 1 aromatic heterocycles. The number of likely N-dealkylation sites (N-methyl/N-ethyl adjacent to an activating group) is 1. The lowest BCUT2D eigenvalue weighted by Crippen LogP contribution is -2.21. The molecule has 5 heteroatoms. The second kappa shape index (κ2) is 6.73. The Balaban J connectivity index is 2.25. The van der Waals surface area contributed by atoms with Gasteiger partial charge in [0, 0.05) is 23.9 Å². The van der Waals surface area contributed by atoms with Crippen molar-refractivity contribution >= 4 is 11.8 Å². The van der Waals surface area contributed by atoms with Crippen LogP contribution in [0.5, 0.6) is 0 Å². The number of hydrogen-bond acceptors (Lipinski definition) is 4. The summed E-state index contributed by atoms with van der Waals surface area (Å²) in [6.45, 7) is 2.94. The summed E-state index contributed by atoms with van der Waals surface area (Å²) in [5, 5.41) is 7.62. The van der Waals surface area contributed by atoms with Crippen molar-refractivity contribution in [3.63, 3.8) is 0 Å². The number of benzene rings is 1. The summed E-state index contributed by atoms with van der Waals surface area (Å²) in [5.74, 6) is 1.03. The monoisotopic (exact) mass is 276 g/mol. The fourth-order valence-corrected chi connectivity index (χ4v) is 2.88. The molecule has 1 atom stereocenters. The van der Waals surface area contributed by atoms with E-state index >= 15 is 0 Å². The Hall–Kier alpha value is -1.33. The van der Waals surface area contributed by atoms with E-state index in [4.69, 9.17) is 0 Å². The minimum atomic E-state index is 0.262. The molecule has 0 aliphatic carbocycles. The average molecular weight is 276 g/mol. The molecule has 0 spiro atoms. The summed E-state index contributed by atoms with van der Waals surface area (Å²) >= 11 is 1.78. The first kappa shape index (κ1) is 14.1. The minimum Gasteiger partial charge on any atom is -0.313 e. The fourth-order valence-electron chi connectivity index (χ4n) is 2.21. The lowest BCUT2D eigenvalue weighted by atomic mass is 10.0. The Kier molecular flexibility index (Phi) is 4.99. The standard InChI is InChI=1S/C14H20N4S/c1-4-18-14(16-10-17-18)9-12(15-2)11-7-5-6-8-13(11)19-3/h5-8,10,12,15H,4,9H2,1-3H3. The van der Waals surface area contributed by atoms with Crippen LogP contribution in [-0.4, -0.2) is 28.1 Å². The zero-order valence-corrected chi connectivity index (χ0v) is 12.4. The van der Waals surface area contributed by atoms with Crippen molar-refractivity contribution in [3.8, 4) is 0 Å². The van der Waals surface area contributed by atoms with Crippen molar-refractivity contribution in [2.75, 3.05) is 13.3 Å². The molecule has 0 radical (unpaired) electrons. The zero-order valence-electron chi connectivity index (χ0n) is 11.6. The normalized spacial score (nSPS) is 12.6. The number of thioether (sulfide) groups is 1. The molecule has 0 saturated carbocycles. The molecule has 4 nitrogen and oxygen atoms in total. The number of hydrogen-bond donors (Lipinski definition) is 1. The highest BCUT2D eigenvalue weighted by molar-refractivity contribution is 7.98. The van der Waals surface area contributed by atoms with E-state index in [0.29, 0.717) is 0 Å². The van der Waals surface area contributed by atoms with Crippen LogP contribution < -0.4 is 5.32 Å². The van der Waals surface area contributed by atoms with E-state index in [9.17, 15) is 0 Å². The number of rotatable bonds is 6. The molecule has 1 heterocycles. The molecule has 1 unspecified atom stereocenters. The van der Waals surface area contributed by atoms with Gasteiger partial charge in [0.05, 0.1) is 0 Å². The van der Waals surface area contributed by atoms with Crippen LogP contribution in [0.2, 0.25) is 0 Å². The predicted molar refractivity (Wildman–Crippen MR) is 79.4 cm³/mol. The summed E-state index contributed by atoms with van der Waals surface area (Å²) in [7, 11) is 1.99. The van der Waals surface area contributed by atoms with Crippen molar-refractivity contribution in [3.05, 3.63) is 42.0 Å². The zero-order chi connectivity index (χ0) is 13.7. The maximum atomic E-state index is 4.36. The van der Waals surface area contributed by atoms with Crippen molar-refractivity contribution in [1.82, 2.24) is 20.1 Å². The van der Waals surface area contributed by atoms with E-state index in [0.717, 1.165) is 18.8 Å². The molecule has 0 aliphatic rings. The molecule has 0 aliphatic heterocycles. The second-order valence-corrected chi connectivity index (χ2v) is 5.13. The Bertz CT molecular complexity index is 524. The van der Waals surface area contributed by atoms with Gasteiger partial charge in [0.25, 0.3) is 0 Å². The highest BCUT2D eigenvalue weighted by Gasteiger charge is 2.16. The van der Waals surface area contributed by atoms with E-state index in [1.54, 1.807) is 18.1 Å². The van der Waals surface area contributed by atoms with Gasteiger partial charge in [0.1, 0.15) is 12.2 Å². The van der Waals surface area contributed by atoms with Crippen molar-refractivity contribution in [2.24, 2.45) is 0 Å². The molecule has 19 heavy (non-hydrogen) atoms. The van der Waals surface area contributed by atoms with Gasteiger partial charge in [-0.05, 0) is 31.9 Å². The second-order valence-electron chi connectivity index (χ2n) is 4.28. The van der Waals surface area contributed by atoms with Crippen LogP contribution in [-0.2, 0) is 13.0 Å². The van der Waals surface area contributed by atoms with Crippen LogP contribution in [0.1, 0.15) is 24.4 Å². The lowest BCUT2D eigenvalue weighted by Gasteiger charge is -2.19. The number of aromatic nitrogens is 3. The maximum absolute atomic E-state index is 4.36. The quantitative estimate of drug-likeness (QED) is 0.823. The van der Waals surface area contributed by atoms with Crippen LogP contribution >= 0.6 is 11.8 Å². The van der Waals surface area contributed by atoms with Crippen LogP contribution in [0, 0.1) is 0 Å². The Morgan fingerprint density at radius 2 is 2.16 bits per heavy atom. The minimum absolute atomic E-state index is 0.262. The van der Waals surface area contributed by atoms with Gasteiger partial charge in [-0.1, -0.05) is 18.2 Å². The molecular weight excluding hydrogens is 256 g/mol.